The molecule has 272 valence electrons. The molecule has 1 fully saturated rings. The van der Waals surface area contributed by atoms with Crippen LogP contribution in [0.2, 0.25) is 0 Å². The molecule has 0 spiro atoms. The van der Waals surface area contributed by atoms with Crippen LogP contribution >= 0.6 is 15.6 Å². The van der Waals surface area contributed by atoms with Crippen LogP contribution in [0.25, 0.3) is 11.2 Å². The van der Waals surface area contributed by atoms with E-state index in [9.17, 15) is 38.6 Å². The van der Waals surface area contributed by atoms with Crippen molar-refractivity contribution in [1.29, 1.82) is 0 Å². The number of aromatic nitrogens is 4. The van der Waals surface area contributed by atoms with Crippen LogP contribution in [-0.4, -0.2) is 97.2 Å². The summed E-state index contributed by atoms with van der Waals surface area (Å²) < 4.78 is 53.9. The van der Waals surface area contributed by atoms with E-state index < -0.39 is 70.9 Å². The second-order valence-corrected chi connectivity index (χ2v) is 14.5. The second kappa shape index (κ2) is 17.8. The zero-order chi connectivity index (χ0) is 35.6. The fraction of sp³-hybridized carbons (Fsp3) is 0.731. The molecule has 7 atom stereocenters. The number of fused-ring (bicyclic) bond motifs is 1. The van der Waals surface area contributed by atoms with Gasteiger partial charge < -0.3 is 35.6 Å². The number of H-pyrrole nitrogens is 1. The van der Waals surface area contributed by atoms with Crippen molar-refractivity contribution in [2.45, 2.75) is 90.4 Å². The lowest BCUT2D eigenvalue weighted by Crippen LogP contribution is -2.36. The van der Waals surface area contributed by atoms with Crippen molar-refractivity contribution >= 4 is 44.6 Å². The lowest BCUT2D eigenvalue weighted by atomic mass is 9.99. The molecule has 2 aromatic heterocycles. The summed E-state index contributed by atoms with van der Waals surface area (Å²) in [6.07, 6.45) is -1.41. The van der Waals surface area contributed by atoms with E-state index in [-0.39, 0.29) is 48.5 Å². The van der Waals surface area contributed by atoms with Crippen LogP contribution in [-0.2, 0) is 41.6 Å². The number of aliphatic hydroxyl groups excluding tert-OH is 2. The number of hydrogen-bond donors (Lipinski definition) is 7. The summed E-state index contributed by atoms with van der Waals surface area (Å²) in [6, 6.07) is -1.33. The van der Waals surface area contributed by atoms with E-state index in [1.807, 2.05) is 13.8 Å². The molecular formula is C26H45N7O13P2. The van der Waals surface area contributed by atoms with E-state index in [4.69, 9.17) is 28.6 Å². The summed E-state index contributed by atoms with van der Waals surface area (Å²) in [4.78, 5) is 57.1. The maximum atomic E-state index is 13.6. The fourth-order valence-electron chi connectivity index (χ4n) is 4.86. The number of carbonyl (C=O) groups excluding carboxylic acids is 2. The Morgan fingerprint density at radius 2 is 1.85 bits per heavy atom. The highest BCUT2D eigenvalue weighted by molar-refractivity contribution is 7.63. The number of nitrogens with two attached hydrogens (primary N) is 1. The van der Waals surface area contributed by atoms with Gasteiger partial charge in [0, 0.05) is 13.0 Å². The van der Waals surface area contributed by atoms with Gasteiger partial charge in [0.25, 0.3) is 5.56 Å². The minimum atomic E-state index is -5.31. The van der Waals surface area contributed by atoms with Gasteiger partial charge in [-0.2, -0.15) is 9.29 Å². The Bertz CT molecular complexity index is 1530. The summed E-state index contributed by atoms with van der Waals surface area (Å²) >= 11 is 0. The number of nitrogens with one attached hydrogen (secondary N) is 3. The van der Waals surface area contributed by atoms with Gasteiger partial charge in [0.2, 0.25) is 11.9 Å². The summed E-state index contributed by atoms with van der Waals surface area (Å²) in [5.41, 5.74) is 4.76. The lowest BCUT2D eigenvalue weighted by molar-refractivity contribution is -0.146. The van der Waals surface area contributed by atoms with Gasteiger partial charge in [0.1, 0.15) is 24.4 Å². The van der Waals surface area contributed by atoms with Crippen LogP contribution in [0.5, 0.6) is 0 Å². The van der Waals surface area contributed by atoms with Crippen LogP contribution in [0.1, 0.15) is 66.0 Å². The zero-order valence-corrected chi connectivity index (χ0v) is 28.9. The Morgan fingerprint density at radius 3 is 2.50 bits per heavy atom. The summed E-state index contributed by atoms with van der Waals surface area (Å²) in [5, 5.41) is 26.0. The van der Waals surface area contributed by atoms with Crippen LogP contribution in [0, 0.1) is 5.92 Å². The molecule has 0 aromatic carbocycles. The van der Waals surface area contributed by atoms with Gasteiger partial charge in [-0.1, -0.05) is 33.6 Å². The topological polar surface area (TPSA) is 289 Å². The predicted molar refractivity (Wildman–Crippen MR) is 169 cm³/mol. The molecule has 0 radical (unpaired) electrons. The third-order valence-corrected chi connectivity index (χ3v) is 10.6. The average Bonchev–Trinajstić information content (AvgIpc) is 3.56. The van der Waals surface area contributed by atoms with Crippen molar-refractivity contribution in [2.75, 3.05) is 32.1 Å². The smallest absolute Gasteiger partial charge is 0.464 e. The quantitative estimate of drug-likeness (QED) is 0.0565. The molecule has 1 aliphatic rings. The van der Waals surface area contributed by atoms with Crippen LogP contribution in [0.3, 0.4) is 0 Å². The molecule has 8 N–H and O–H groups in total. The number of anilines is 1. The number of aromatic amines is 1. The maximum Gasteiger partial charge on any atom is 0.480 e. The van der Waals surface area contributed by atoms with Crippen LogP contribution < -0.4 is 21.7 Å². The predicted octanol–water partition coefficient (Wildman–Crippen LogP) is 0.843. The molecule has 0 saturated carbocycles. The van der Waals surface area contributed by atoms with E-state index in [2.05, 4.69) is 25.4 Å². The van der Waals surface area contributed by atoms with Gasteiger partial charge in [0.05, 0.1) is 26.1 Å². The van der Waals surface area contributed by atoms with E-state index in [1.165, 1.54) is 6.92 Å². The van der Waals surface area contributed by atoms with Crippen molar-refractivity contribution < 1.29 is 56.7 Å². The van der Waals surface area contributed by atoms with Gasteiger partial charge in [-0.25, -0.2) is 19.2 Å². The molecule has 20 nitrogen and oxygen atoms in total. The third-order valence-electron chi connectivity index (χ3n) is 7.24. The normalized spacial score (nSPS) is 22.8. The first-order valence-corrected chi connectivity index (χ1v) is 18.6. The Hall–Kier alpha value is -2.77. The molecule has 2 unspecified atom stereocenters. The Balaban J connectivity index is 1.68. The first-order valence-electron chi connectivity index (χ1n) is 15.5. The standard InChI is InChI=1S/C26H45N7O13P2/c1-5-8-16(9-6-2)12-42-25(38)15(4)32-47(39,43-11-10-28-18(34)7-3)46-48(40,41)44-13-17-20(35)21(36)24(45-17)33-14-29-19-22(33)30-26(27)31-23(19)37/h14-17,20-21,24,35-36H,5-13H2,1-4H3,(H,28,34)(H,32,39)(H,40,41)(H3,27,30,31,37)/t15-,17-,20-,21-,24-,47?/m1/s1. The van der Waals surface area contributed by atoms with Crippen molar-refractivity contribution in [1.82, 2.24) is 29.9 Å². The van der Waals surface area contributed by atoms with Gasteiger partial charge in [-0.3, -0.25) is 33.0 Å². The number of hydrogen-bond acceptors (Lipinski definition) is 15. The third kappa shape index (κ3) is 10.9. The highest BCUT2D eigenvalue weighted by Gasteiger charge is 2.46. The summed E-state index contributed by atoms with van der Waals surface area (Å²) in [5.74, 6) is -1.28. The first kappa shape index (κ1) is 39.7. The molecule has 0 aliphatic carbocycles. The monoisotopic (exact) mass is 725 g/mol. The van der Waals surface area contributed by atoms with E-state index >= 15 is 0 Å². The number of carbonyl (C=O) groups is 2. The van der Waals surface area contributed by atoms with Gasteiger partial charge in [0.15, 0.2) is 17.4 Å². The lowest BCUT2D eigenvalue weighted by Gasteiger charge is -2.25. The van der Waals surface area contributed by atoms with E-state index in [1.54, 1.807) is 6.92 Å². The maximum absolute atomic E-state index is 13.6. The largest absolute Gasteiger partial charge is 0.480 e. The Labute approximate surface area is 276 Å². The summed E-state index contributed by atoms with van der Waals surface area (Å²) in [6.45, 7) is 5.57. The summed E-state index contributed by atoms with van der Waals surface area (Å²) in [7, 11) is -10.1. The minimum Gasteiger partial charge on any atom is -0.464 e. The molecule has 1 amide bonds. The fourth-order valence-corrected chi connectivity index (χ4v) is 7.83. The molecule has 1 aliphatic heterocycles. The first-order chi connectivity index (χ1) is 22.6. The minimum absolute atomic E-state index is 0.0663. The van der Waals surface area contributed by atoms with Crippen molar-refractivity contribution in [3.05, 3.63) is 16.7 Å². The molecular weight excluding hydrogens is 680 g/mol. The van der Waals surface area contributed by atoms with E-state index in [0.717, 1.165) is 36.6 Å². The Morgan fingerprint density at radius 1 is 1.17 bits per heavy atom. The number of esters is 1. The van der Waals surface area contributed by atoms with Gasteiger partial charge >= 0.3 is 21.5 Å². The molecule has 3 heterocycles. The number of nitrogens with zero attached hydrogens (tertiary/aromatic N) is 3. The molecule has 48 heavy (non-hydrogen) atoms. The number of rotatable bonds is 20. The number of imidazole rings is 1. The van der Waals surface area contributed by atoms with Crippen molar-refractivity contribution in [2.24, 2.45) is 5.92 Å². The number of nitrogen functional groups attached to an aromatic ring is 1. The van der Waals surface area contributed by atoms with Gasteiger partial charge in [-0.15, -0.1) is 0 Å². The molecule has 22 heteroatoms. The number of phosphoric acid groups is 1. The number of ether oxygens (including phenoxy) is 2. The number of phosphoric ester groups is 1. The Kier molecular flexibility index (Phi) is 14.7. The highest BCUT2D eigenvalue weighted by atomic mass is 31.3. The van der Waals surface area contributed by atoms with Crippen molar-refractivity contribution in [3.8, 4) is 0 Å². The van der Waals surface area contributed by atoms with Crippen molar-refractivity contribution in [3.63, 3.8) is 0 Å². The molecule has 3 rings (SSSR count). The SMILES string of the molecule is CCCC(CCC)COC(=O)[C@@H](C)NP(=O)(OCCNC(=O)CC)OP(=O)(O)OC[C@H]1O[C@@H](n2cnc3c(=O)[nH]c(N)nc32)[C@H](O)[C@@H]1O. The molecule has 1 saturated heterocycles. The molecule has 2 aromatic rings. The number of amides is 1. The van der Waals surface area contributed by atoms with E-state index in [0.29, 0.717) is 0 Å². The molecule has 0 bridgehead atoms. The van der Waals surface area contributed by atoms with Gasteiger partial charge in [-0.05, 0) is 25.7 Å². The van der Waals surface area contributed by atoms with Crippen LogP contribution in [0.15, 0.2) is 11.1 Å². The number of aliphatic hydroxyl groups is 2. The second-order valence-electron chi connectivity index (χ2n) is 11.1. The highest BCUT2D eigenvalue weighted by Crippen LogP contribution is 2.61. The average molecular weight is 726 g/mol. The zero-order valence-electron chi connectivity index (χ0n) is 27.1. The van der Waals surface area contributed by atoms with Crippen LogP contribution in [0.4, 0.5) is 5.95 Å².